The van der Waals surface area contributed by atoms with Gasteiger partial charge in [-0.15, -0.1) is 35.3 Å². The van der Waals surface area contributed by atoms with E-state index in [4.69, 9.17) is 0 Å². The number of nitrogens with one attached hydrogen (secondary N) is 2. The monoisotopic (exact) mass is 539 g/mol. The zero-order valence-electron chi connectivity index (χ0n) is 16.8. The van der Waals surface area contributed by atoms with Gasteiger partial charge < -0.3 is 20.4 Å². The molecular weight excluding hydrogens is 513 g/mol. The van der Waals surface area contributed by atoms with Crippen LogP contribution in [0.4, 0.5) is 5.69 Å². The molecule has 2 aliphatic rings. The lowest BCUT2D eigenvalue weighted by molar-refractivity contribution is -0.130. The van der Waals surface area contributed by atoms with Gasteiger partial charge in [0.15, 0.2) is 5.96 Å². The van der Waals surface area contributed by atoms with Gasteiger partial charge in [-0.3, -0.25) is 14.6 Å². The maximum Gasteiger partial charge on any atom is 0.242 e. The minimum atomic E-state index is -0.0487. The molecule has 3 heterocycles. The maximum atomic E-state index is 12.6. The molecule has 2 aliphatic heterocycles. The van der Waals surface area contributed by atoms with Crippen molar-refractivity contribution >= 4 is 58.8 Å². The van der Waals surface area contributed by atoms with Crippen LogP contribution in [0, 0.1) is 0 Å². The Balaban J connectivity index is 0.00000256. The summed E-state index contributed by atoms with van der Waals surface area (Å²) in [5.41, 5.74) is 2.15. The molecule has 0 aliphatic carbocycles. The van der Waals surface area contributed by atoms with E-state index in [-0.39, 0.29) is 48.4 Å². The van der Waals surface area contributed by atoms with Gasteiger partial charge in [-0.25, -0.2) is 0 Å². The van der Waals surface area contributed by atoms with Crippen molar-refractivity contribution in [2.45, 2.75) is 25.4 Å². The molecule has 9 heteroatoms. The van der Waals surface area contributed by atoms with E-state index in [1.807, 2.05) is 35.2 Å². The van der Waals surface area contributed by atoms with Crippen molar-refractivity contribution in [3.8, 4) is 0 Å². The Morgan fingerprint density at radius 2 is 2.07 bits per heavy atom. The highest BCUT2D eigenvalue weighted by Gasteiger charge is 2.31. The lowest BCUT2D eigenvalue weighted by Crippen LogP contribution is -2.48. The molecule has 4 rings (SSSR count). The number of amides is 2. The number of benzene rings is 1. The number of carbonyl (C=O) groups excluding carboxylic acids is 2. The highest BCUT2D eigenvalue weighted by molar-refractivity contribution is 14.0. The molecule has 0 bridgehead atoms. The molecule has 1 saturated heterocycles. The quantitative estimate of drug-likeness (QED) is 0.355. The van der Waals surface area contributed by atoms with Crippen LogP contribution in [0.25, 0.3) is 0 Å². The first kappa shape index (κ1) is 22.5. The van der Waals surface area contributed by atoms with Crippen molar-refractivity contribution < 1.29 is 9.59 Å². The fourth-order valence-corrected chi connectivity index (χ4v) is 4.67. The molecule has 1 atom stereocenters. The predicted molar refractivity (Wildman–Crippen MR) is 131 cm³/mol. The number of halogens is 1. The third-order valence-electron chi connectivity index (χ3n) is 5.32. The molecule has 160 valence electrons. The third kappa shape index (κ3) is 5.12. The summed E-state index contributed by atoms with van der Waals surface area (Å²) in [5, 5.41) is 8.46. The van der Waals surface area contributed by atoms with E-state index in [1.54, 1.807) is 23.3 Å². The molecule has 2 amide bonds. The molecule has 7 nitrogen and oxygen atoms in total. The number of guanidine groups is 1. The number of aliphatic imine (C=N–C) groups is 1. The molecule has 0 radical (unpaired) electrons. The summed E-state index contributed by atoms with van der Waals surface area (Å²) >= 11 is 1.76. The minimum Gasteiger partial charge on any atom is -0.351 e. The maximum absolute atomic E-state index is 12.6. The Kier molecular flexibility index (Phi) is 7.70. The van der Waals surface area contributed by atoms with Crippen LogP contribution >= 0.6 is 35.3 Å². The molecule has 1 unspecified atom stereocenters. The predicted octanol–water partition coefficient (Wildman–Crippen LogP) is 2.22. The number of nitrogens with zero attached hydrogens (tertiary/aromatic N) is 3. The first-order valence-electron chi connectivity index (χ1n) is 9.79. The highest BCUT2D eigenvalue weighted by atomic mass is 127. The number of para-hydroxylation sites is 1. The zero-order chi connectivity index (χ0) is 20.2. The number of rotatable bonds is 4. The summed E-state index contributed by atoms with van der Waals surface area (Å²) in [4.78, 5) is 34.2. The zero-order valence-corrected chi connectivity index (χ0v) is 20.0. The number of anilines is 1. The average Bonchev–Trinajstić information content (AvgIpc) is 3.37. The molecule has 0 saturated carbocycles. The van der Waals surface area contributed by atoms with Crippen LogP contribution in [0.1, 0.15) is 16.9 Å². The van der Waals surface area contributed by atoms with Crippen LogP contribution in [0.2, 0.25) is 0 Å². The van der Waals surface area contributed by atoms with Crippen molar-refractivity contribution in [3.05, 3.63) is 52.2 Å². The van der Waals surface area contributed by atoms with E-state index < -0.39 is 0 Å². The topological polar surface area (TPSA) is 77.0 Å². The van der Waals surface area contributed by atoms with Gasteiger partial charge in [0, 0.05) is 43.7 Å². The molecule has 2 aromatic rings. The second-order valence-electron chi connectivity index (χ2n) is 7.25. The average molecular weight is 539 g/mol. The number of hydrogen-bond acceptors (Lipinski definition) is 4. The Hall–Kier alpha value is -2.14. The van der Waals surface area contributed by atoms with Gasteiger partial charge in [-0.2, -0.15) is 0 Å². The van der Waals surface area contributed by atoms with Crippen molar-refractivity contribution in [1.82, 2.24) is 15.5 Å². The summed E-state index contributed by atoms with van der Waals surface area (Å²) in [6.07, 6.45) is 1.32. The van der Waals surface area contributed by atoms with Gasteiger partial charge in [0.25, 0.3) is 0 Å². The van der Waals surface area contributed by atoms with Crippen LogP contribution in [0.5, 0.6) is 0 Å². The highest BCUT2D eigenvalue weighted by Crippen LogP contribution is 2.24. The molecule has 2 N–H and O–H groups in total. The first-order chi connectivity index (χ1) is 14.1. The van der Waals surface area contributed by atoms with Crippen LogP contribution in [0.3, 0.4) is 0 Å². The number of thiophene rings is 1. The summed E-state index contributed by atoms with van der Waals surface area (Å²) < 4.78 is 0. The van der Waals surface area contributed by atoms with Crippen molar-refractivity contribution in [2.75, 3.05) is 31.6 Å². The van der Waals surface area contributed by atoms with Gasteiger partial charge in [0.2, 0.25) is 11.8 Å². The second kappa shape index (κ2) is 10.3. The minimum absolute atomic E-state index is 0. The normalized spacial score (nSPS) is 18.6. The van der Waals surface area contributed by atoms with Gasteiger partial charge in [-0.1, -0.05) is 18.2 Å². The van der Waals surface area contributed by atoms with E-state index in [9.17, 15) is 9.59 Å². The van der Waals surface area contributed by atoms with Gasteiger partial charge in [-0.05, 0) is 35.6 Å². The van der Waals surface area contributed by atoms with Gasteiger partial charge in [0.05, 0.1) is 12.6 Å². The smallest absolute Gasteiger partial charge is 0.242 e. The number of carbonyl (C=O) groups is 2. The fraction of sp³-hybridized carbons (Fsp3) is 0.381. The molecule has 1 fully saturated rings. The van der Waals surface area contributed by atoms with Gasteiger partial charge in [0.1, 0.15) is 0 Å². The Morgan fingerprint density at radius 1 is 1.27 bits per heavy atom. The van der Waals surface area contributed by atoms with E-state index in [1.165, 1.54) is 10.4 Å². The lowest BCUT2D eigenvalue weighted by Gasteiger charge is -2.27. The van der Waals surface area contributed by atoms with Gasteiger partial charge >= 0.3 is 0 Å². The van der Waals surface area contributed by atoms with Crippen LogP contribution < -0.4 is 15.5 Å². The summed E-state index contributed by atoms with van der Waals surface area (Å²) in [6, 6.07) is 11.7. The van der Waals surface area contributed by atoms with Crippen molar-refractivity contribution in [3.63, 3.8) is 0 Å². The molecule has 30 heavy (non-hydrogen) atoms. The third-order valence-corrected chi connectivity index (χ3v) is 6.35. The van der Waals surface area contributed by atoms with E-state index in [2.05, 4.69) is 27.1 Å². The second-order valence-corrected chi connectivity index (χ2v) is 8.25. The van der Waals surface area contributed by atoms with E-state index >= 15 is 0 Å². The largest absolute Gasteiger partial charge is 0.351 e. The van der Waals surface area contributed by atoms with Crippen LogP contribution in [-0.2, 0) is 22.6 Å². The SMILES string of the molecule is CN=C(NCC(=O)N1CCc2sccc2C1)NC1CC(=O)N(c2ccccc2)C1.I. The fourth-order valence-electron chi connectivity index (χ4n) is 3.78. The number of fused-ring (bicyclic) bond motifs is 1. The Morgan fingerprint density at radius 3 is 2.83 bits per heavy atom. The molecular formula is C21H26IN5O2S. The van der Waals surface area contributed by atoms with E-state index in [0.717, 1.165) is 18.7 Å². The molecule has 1 aromatic carbocycles. The lowest BCUT2D eigenvalue weighted by atomic mass is 10.1. The van der Waals surface area contributed by atoms with E-state index in [0.29, 0.717) is 25.5 Å². The number of hydrogen-bond donors (Lipinski definition) is 2. The van der Waals surface area contributed by atoms with Crippen molar-refractivity contribution in [2.24, 2.45) is 4.99 Å². The first-order valence-corrected chi connectivity index (χ1v) is 10.7. The Labute approximate surface area is 197 Å². The summed E-state index contributed by atoms with van der Waals surface area (Å²) in [7, 11) is 1.67. The Bertz CT molecular complexity index is 917. The van der Waals surface area contributed by atoms with Crippen LogP contribution in [-0.4, -0.2) is 55.4 Å². The summed E-state index contributed by atoms with van der Waals surface area (Å²) in [5.74, 6) is 0.678. The molecule has 1 aromatic heterocycles. The summed E-state index contributed by atoms with van der Waals surface area (Å²) in [6.45, 7) is 2.19. The van der Waals surface area contributed by atoms with Crippen LogP contribution in [0.15, 0.2) is 46.8 Å². The standard InChI is InChI=1S/C21H25N5O2S.HI/c1-22-21(23-12-20(28)25-9-7-18-15(13-25)8-10-29-18)24-16-11-19(27)26(14-16)17-5-3-2-4-6-17;/h2-6,8,10,16H,7,9,11-14H2,1H3,(H2,22,23,24);1H. The molecule has 0 spiro atoms. The van der Waals surface area contributed by atoms with Crippen molar-refractivity contribution in [1.29, 1.82) is 0 Å².